The minimum absolute atomic E-state index is 0.620. The Morgan fingerprint density at radius 1 is 1.10 bits per heavy atom. The third kappa shape index (κ3) is 3.23. The van der Waals surface area contributed by atoms with Crippen molar-refractivity contribution in [3.63, 3.8) is 0 Å². The molecule has 3 heteroatoms. The molecule has 2 N–H and O–H groups in total. The van der Waals surface area contributed by atoms with E-state index in [2.05, 4.69) is 36.1 Å². The molecule has 0 unspecified atom stereocenters. The first-order valence-corrected chi connectivity index (χ1v) is 6.89. The monoisotopic (exact) mass is 270 g/mol. The Bertz CT molecular complexity index is 564. The number of para-hydroxylation sites is 1. The molecule has 0 radical (unpaired) electrons. The van der Waals surface area contributed by atoms with Crippen molar-refractivity contribution >= 4 is 11.4 Å². The Hall–Kier alpha value is -2.16. The van der Waals surface area contributed by atoms with Crippen LogP contribution in [0.15, 0.2) is 42.5 Å². The first-order valence-electron chi connectivity index (χ1n) is 6.89. The van der Waals surface area contributed by atoms with E-state index in [0.29, 0.717) is 12.3 Å². The molecule has 106 valence electrons. The lowest BCUT2D eigenvalue weighted by Crippen LogP contribution is -2.18. The predicted octanol–water partition coefficient (Wildman–Crippen LogP) is 3.61. The molecule has 0 aliphatic rings. The second kappa shape index (κ2) is 6.33. The highest BCUT2D eigenvalue weighted by atomic mass is 16.5. The van der Waals surface area contributed by atoms with Gasteiger partial charge in [0.15, 0.2) is 0 Å². The summed E-state index contributed by atoms with van der Waals surface area (Å²) in [5.41, 5.74) is 10.4. The predicted molar refractivity (Wildman–Crippen MR) is 85.3 cm³/mol. The lowest BCUT2D eigenvalue weighted by Gasteiger charge is -2.22. The lowest BCUT2D eigenvalue weighted by atomic mass is 10.1. The second-order valence-electron chi connectivity index (χ2n) is 4.96. The van der Waals surface area contributed by atoms with Gasteiger partial charge < -0.3 is 15.4 Å². The van der Waals surface area contributed by atoms with E-state index >= 15 is 0 Å². The van der Waals surface area contributed by atoms with Crippen LogP contribution in [0.4, 0.5) is 11.4 Å². The van der Waals surface area contributed by atoms with E-state index in [4.69, 9.17) is 10.5 Å². The van der Waals surface area contributed by atoms with Crippen LogP contribution in [0.1, 0.15) is 18.1 Å². The number of nitrogens with two attached hydrogens (primary N) is 1. The molecule has 0 spiro atoms. The van der Waals surface area contributed by atoms with E-state index in [1.165, 1.54) is 11.1 Å². The number of ether oxygens (including phenoxy) is 1. The quantitative estimate of drug-likeness (QED) is 0.843. The summed E-state index contributed by atoms with van der Waals surface area (Å²) in [6.07, 6.45) is 0. The Morgan fingerprint density at radius 2 is 1.80 bits per heavy atom. The molecule has 2 aromatic rings. The van der Waals surface area contributed by atoms with Crippen LogP contribution in [0.25, 0.3) is 0 Å². The van der Waals surface area contributed by atoms with Gasteiger partial charge in [-0.3, -0.25) is 0 Å². The topological polar surface area (TPSA) is 38.5 Å². The number of nitrogen functional groups attached to an aromatic ring is 1. The van der Waals surface area contributed by atoms with Gasteiger partial charge in [0.05, 0.1) is 18.0 Å². The highest BCUT2D eigenvalue weighted by Gasteiger charge is 2.10. The van der Waals surface area contributed by atoms with Crippen molar-refractivity contribution in [1.82, 2.24) is 0 Å². The molecule has 0 fully saturated rings. The summed E-state index contributed by atoms with van der Waals surface area (Å²) in [4.78, 5) is 2.14. The maximum Gasteiger partial charge on any atom is 0.144 e. The molecule has 0 atom stereocenters. The lowest BCUT2D eigenvalue weighted by molar-refractivity contribution is 0.342. The molecule has 0 aliphatic heterocycles. The molecule has 0 aromatic heterocycles. The van der Waals surface area contributed by atoms with Crippen LogP contribution in [0.5, 0.6) is 5.75 Å². The first kappa shape index (κ1) is 14.3. The molecule has 0 aliphatic carbocycles. The average Bonchev–Trinajstić information content (AvgIpc) is 2.44. The van der Waals surface area contributed by atoms with Crippen LogP contribution in [0.3, 0.4) is 0 Å². The summed E-state index contributed by atoms with van der Waals surface area (Å²) in [5, 5.41) is 0. The summed E-state index contributed by atoms with van der Waals surface area (Å²) in [5.74, 6) is 0.751. The van der Waals surface area contributed by atoms with Crippen molar-refractivity contribution in [3.05, 3.63) is 53.6 Å². The number of anilines is 2. The van der Waals surface area contributed by atoms with Gasteiger partial charge >= 0.3 is 0 Å². The average molecular weight is 270 g/mol. The van der Waals surface area contributed by atoms with Crippen molar-refractivity contribution in [2.75, 3.05) is 24.3 Å². The Morgan fingerprint density at radius 3 is 2.45 bits per heavy atom. The van der Waals surface area contributed by atoms with E-state index in [9.17, 15) is 0 Å². The fourth-order valence-corrected chi connectivity index (χ4v) is 2.20. The number of rotatable bonds is 5. The molecule has 0 bridgehead atoms. The Kier molecular flexibility index (Phi) is 4.51. The first-order chi connectivity index (χ1) is 9.61. The molecule has 2 rings (SSSR count). The van der Waals surface area contributed by atoms with Crippen molar-refractivity contribution in [2.45, 2.75) is 20.4 Å². The SMILES string of the molecule is CCOc1cccc(N(C)Cc2ccc(C)cc2)c1N. The number of hydrogen-bond donors (Lipinski definition) is 1. The van der Waals surface area contributed by atoms with Gasteiger partial charge in [0.25, 0.3) is 0 Å². The zero-order valence-corrected chi connectivity index (χ0v) is 12.4. The van der Waals surface area contributed by atoms with E-state index < -0.39 is 0 Å². The number of aryl methyl sites for hydroxylation is 1. The highest BCUT2D eigenvalue weighted by molar-refractivity contribution is 5.73. The normalized spacial score (nSPS) is 10.3. The van der Waals surface area contributed by atoms with Crippen molar-refractivity contribution < 1.29 is 4.74 Å². The summed E-state index contributed by atoms with van der Waals surface area (Å²) < 4.78 is 5.54. The van der Waals surface area contributed by atoms with Crippen LogP contribution >= 0.6 is 0 Å². The second-order valence-corrected chi connectivity index (χ2v) is 4.96. The fraction of sp³-hybridized carbons (Fsp3) is 0.294. The van der Waals surface area contributed by atoms with E-state index in [1.807, 2.05) is 32.2 Å². The maximum atomic E-state index is 6.18. The summed E-state index contributed by atoms with van der Waals surface area (Å²) in [6, 6.07) is 14.4. The van der Waals surface area contributed by atoms with Crippen LogP contribution in [0, 0.1) is 6.92 Å². The Balaban J connectivity index is 2.18. The molecule has 0 saturated heterocycles. The van der Waals surface area contributed by atoms with E-state index in [1.54, 1.807) is 0 Å². The van der Waals surface area contributed by atoms with Gasteiger partial charge in [-0.1, -0.05) is 35.9 Å². The van der Waals surface area contributed by atoms with Gasteiger partial charge in [-0.15, -0.1) is 0 Å². The third-order valence-corrected chi connectivity index (χ3v) is 3.29. The van der Waals surface area contributed by atoms with Crippen molar-refractivity contribution in [1.29, 1.82) is 0 Å². The fourth-order valence-electron chi connectivity index (χ4n) is 2.20. The maximum absolute atomic E-state index is 6.18. The zero-order chi connectivity index (χ0) is 14.5. The van der Waals surface area contributed by atoms with Gasteiger partial charge in [-0.05, 0) is 31.5 Å². The largest absolute Gasteiger partial charge is 0.492 e. The summed E-state index contributed by atoms with van der Waals surface area (Å²) >= 11 is 0. The zero-order valence-electron chi connectivity index (χ0n) is 12.4. The number of benzene rings is 2. The molecule has 3 nitrogen and oxygen atoms in total. The van der Waals surface area contributed by atoms with Gasteiger partial charge in [0.1, 0.15) is 5.75 Å². The molecule has 0 heterocycles. The number of nitrogens with zero attached hydrogens (tertiary/aromatic N) is 1. The minimum Gasteiger partial charge on any atom is -0.492 e. The molecule has 20 heavy (non-hydrogen) atoms. The van der Waals surface area contributed by atoms with Gasteiger partial charge in [-0.25, -0.2) is 0 Å². The van der Waals surface area contributed by atoms with E-state index in [0.717, 1.165) is 18.0 Å². The molecule has 0 amide bonds. The minimum atomic E-state index is 0.620. The number of hydrogen-bond acceptors (Lipinski definition) is 3. The standard InChI is InChI=1S/C17H22N2O/c1-4-20-16-7-5-6-15(17(16)18)19(3)12-14-10-8-13(2)9-11-14/h5-11H,4,12,18H2,1-3H3. The third-order valence-electron chi connectivity index (χ3n) is 3.29. The highest BCUT2D eigenvalue weighted by Crippen LogP contribution is 2.32. The summed E-state index contributed by atoms with van der Waals surface area (Å²) in [7, 11) is 2.04. The molecular weight excluding hydrogens is 248 g/mol. The van der Waals surface area contributed by atoms with Gasteiger partial charge in [0.2, 0.25) is 0 Å². The van der Waals surface area contributed by atoms with Crippen LogP contribution < -0.4 is 15.4 Å². The summed E-state index contributed by atoms with van der Waals surface area (Å²) in [6.45, 7) is 5.49. The van der Waals surface area contributed by atoms with Crippen LogP contribution in [-0.2, 0) is 6.54 Å². The van der Waals surface area contributed by atoms with Crippen molar-refractivity contribution in [3.8, 4) is 5.75 Å². The van der Waals surface area contributed by atoms with Gasteiger partial charge in [0, 0.05) is 13.6 Å². The molecule has 2 aromatic carbocycles. The van der Waals surface area contributed by atoms with Crippen LogP contribution in [-0.4, -0.2) is 13.7 Å². The molecule has 0 saturated carbocycles. The smallest absolute Gasteiger partial charge is 0.144 e. The Labute approximate surface area is 121 Å². The van der Waals surface area contributed by atoms with E-state index in [-0.39, 0.29) is 0 Å². The molecular formula is C17H22N2O. The van der Waals surface area contributed by atoms with Crippen molar-refractivity contribution in [2.24, 2.45) is 0 Å². The van der Waals surface area contributed by atoms with Crippen LogP contribution in [0.2, 0.25) is 0 Å². The van der Waals surface area contributed by atoms with Gasteiger partial charge in [-0.2, -0.15) is 0 Å².